The van der Waals surface area contributed by atoms with E-state index >= 15 is 0 Å². The number of amides is 1. The number of anilines is 2. The highest BCUT2D eigenvalue weighted by Gasteiger charge is 2.18. The van der Waals surface area contributed by atoms with Crippen LogP contribution in [0, 0.1) is 5.41 Å². The van der Waals surface area contributed by atoms with Crippen molar-refractivity contribution in [3.63, 3.8) is 0 Å². The number of benzene rings is 3. The Balaban J connectivity index is 1.92. The van der Waals surface area contributed by atoms with Gasteiger partial charge in [-0.2, -0.15) is 13.1 Å². The number of amidine groups is 1. The van der Waals surface area contributed by atoms with E-state index in [0.29, 0.717) is 33.1 Å². The van der Waals surface area contributed by atoms with Gasteiger partial charge in [0.05, 0.1) is 12.2 Å². The van der Waals surface area contributed by atoms with Gasteiger partial charge in [0.15, 0.2) is 18.1 Å². The van der Waals surface area contributed by atoms with Crippen LogP contribution in [0.4, 0.5) is 11.4 Å². The molecule has 0 bridgehead atoms. The molecule has 0 atom stereocenters. The van der Waals surface area contributed by atoms with E-state index in [1.54, 1.807) is 49.4 Å². The Bertz CT molecular complexity index is 1550. The first-order valence-electron chi connectivity index (χ1n) is 12.1. The number of carboxylic acids is 1. The Morgan fingerprint density at radius 2 is 1.76 bits per heavy atom. The van der Waals surface area contributed by atoms with Crippen LogP contribution in [0.15, 0.2) is 54.6 Å². The Morgan fingerprint density at radius 1 is 1.05 bits per heavy atom. The second-order valence-corrected chi connectivity index (χ2v) is 10.4. The molecule has 0 aliphatic rings. The van der Waals surface area contributed by atoms with E-state index in [-0.39, 0.29) is 42.6 Å². The van der Waals surface area contributed by atoms with Gasteiger partial charge < -0.3 is 30.9 Å². The zero-order chi connectivity index (χ0) is 30.2. The van der Waals surface area contributed by atoms with Crippen molar-refractivity contribution >= 4 is 50.9 Å². The largest absolute Gasteiger partial charge is 0.490 e. The molecule has 1 amide bonds. The molecule has 0 heterocycles. The van der Waals surface area contributed by atoms with E-state index in [0.717, 1.165) is 0 Å². The fourth-order valence-corrected chi connectivity index (χ4v) is 4.22. The molecule has 0 saturated heterocycles. The molecule has 0 unspecified atom stereocenters. The van der Waals surface area contributed by atoms with E-state index < -0.39 is 28.7 Å². The summed E-state index contributed by atoms with van der Waals surface area (Å²) in [6, 6.07) is 14.2. The summed E-state index contributed by atoms with van der Waals surface area (Å²) in [5, 5.41) is 27.9. The second kappa shape index (κ2) is 13.8. The second-order valence-electron chi connectivity index (χ2n) is 8.55. The summed E-state index contributed by atoms with van der Waals surface area (Å²) in [4.78, 5) is 24.4. The Kier molecular flexibility index (Phi) is 10.5. The van der Waals surface area contributed by atoms with Gasteiger partial charge in [-0.1, -0.05) is 11.6 Å². The summed E-state index contributed by atoms with van der Waals surface area (Å²) in [6.07, 6.45) is 0. The minimum atomic E-state index is -3.99. The number of ether oxygens (including phenoxy) is 2. The van der Waals surface area contributed by atoms with Gasteiger partial charge in [-0.3, -0.25) is 10.2 Å². The highest BCUT2D eigenvalue weighted by molar-refractivity contribution is 7.87. The number of hydrogen-bond donors (Lipinski definition) is 7. The van der Waals surface area contributed by atoms with Gasteiger partial charge in [0.2, 0.25) is 0 Å². The molecule has 0 aliphatic carbocycles. The minimum absolute atomic E-state index is 0.0213. The van der Waals surface area contributed by atoms with E-state index in [1.807, 2.05) is 0 Å². The van der Waals surface area contributed by atoms with Gasteiger partial charge in [-0.25, -0.2) is 9.93 Å². The van der Waals surface area contributed by atoms with Gasteiger partial charge in [-0.15, -0.1) is 0 Å². The number of nitrogen functional groups attached to an aromatic ring is 1. The van der Waals surface area contributed by atoms with Crippen LogP contribution >= 0.6 is 11.6 Å². The number of aliphatic carboxylic acids is 1. The first-order valence-corrected chi connectivity index (χ1v) is 14.0. The predicted octanol–water partition coefficient (Wildman–Crippen LogP) is 2.64. The SMILES string of the molecule is CCOc1cc(CNS(N)(=O)=O)cc(CNc2ccc(Cl)cc2C(=O)Nc2ccc(C(=N)N)cc2)c1OCC(=O)O. The fraction of sp³-hybridized carbons (Fsp3) is 0.192. The lowest BCUT2D eigenvalue weighted by molar-refractivity contribution is -0.139. The molecule has 0 spiro atoms. The molecule has 218 valence electrons. The molecular weight excluding hydrogens is 576 g/mol. The maximum Gasteiger partial charge on any atom is 0.341 e. The molecule has 15 heteroatoms. The van der Waals surface area contributed by atoms with Crippen molar-refractivity contribution in [2.24, 2.45) is 10.9 Å². The smallest absolute Gasteiger partial charge is 0.341 e. The Morgan fingerprint density at radius 3 is 2.37 bits per heavy atom. The molecule has 0 aliphatic heterocycles. The quantitative estimate of drug-likeness (QED) is 0.106. The number of carboxylic acid groups (broad SMARTS) is 1. The van der Waals surface area contributed by atoms with Crippen LogP contribution in [0.1, 0.15) is 34.0 Å². The van der Waals surface area contributed by atoms with Gasteiger partial charge in [-0.05, 0) is 67.1 Å². The van der Waals surface area contributed by atoms with Crippen LogP contribution in [0.3, 0.4) is 0 Å². The van der Waals surface area contributed by atoms with Crippen molar-refractivity contribution in [1.29, 1.82) is 5.41 Å². The maximum atomic E-state index is 13.2. The number of rotatable bonds is 14. The number of hydrogen-bond acceptors (Lipinski definition) is 8. The average molecular weight is 605 g/mol. The van der Waals surface area contributed by atoms with E-state index in [1.165, 1.54) is 12.1 Å². The minimum Gasteiger partial charge on any atom is -0.490 e. The van der Waals surface area contributed by atoms with Crippen LogP contribution in [-0.4, -0.2) is 44.5 Å². The van der Waals surface area contributed by atoms with Crippen molar-refractivity contribution in [3.05, 3.63) is 81.9 Å². The Labute approximate surface area is 241 Å². The van der Waals surface area contributed by atoms with E-state index in [4.69, 9.17) is 42.5 Å². The number of nitrogens with one attached hydrogen (secondary N) is 4. The van der Waals surface area contributed by atoms with Crippen LogP contribution < -0.4 is 35.7 Å². The average Bonchev–Trinajstić information content (AvgIpc) is 2.90. The van der Waals surface area contributed by atoms with Gasteiger partial charge >= 0.3 is 5.97 Å². The molecular formula is C26H29ClN6O7S. The number of carbonyl (C=O) groups excluding carboxylic acids is 1. The molecule has 0 radical (unpaired) electrons. The number of carbonyl (C=O) groups is 2. The molecule has 13 nitrogen and oxygen atoms in total. The molecule has 0 saturated carbocycles. The van der Waals surface area contributed by atoms with Crippen molar-refractivity contribution in [1.82, 2.24) is 4.72 Å². The highest BCUT2D eigenvalue weighted by atomic mass is 35.5. The third kappa shape index (κ3) is 9.36. The summed E-state index contributed by atoms with van der Waals surface area (Å²) < 4.78 is 36.2. The molecule has 3 rings (SSSR count). The lowest BCUT2D eigenvalue weighted by Crippen LogP contribution is -2.30. The molecule has 0 fully saturated rings. The number of nitrogens with two attached hydrogens (primary N) is 2. The first kappa shape index (κ1) is 31.2. The normalized spacial score (nSPS) is 11.0. The van der Waals surface area contributed by atoms with Crippen LogP contribution in [-0.2, 0) is 28.1 Å². The Hall–Kier alpha value is -4.37. The van der Waals surface area contributed by atoms with E-state index in [9.17, 15) is 18.0 Å². The molecule has 0 aromatic heterocycles. The summed E-state index contributed by atoms with van der Waals surface area (Å²) >= 11 is 6.18. The van der Waals surface area contributed by atoms with Gasteiger partial charge in [0.1, 0.15) is 5.84 Å². The van der Waals surface area contributed by atoms with Crippen LogP contribution in [0.5, 0.6) is 11.5 Å². The van der Waals surface area contributed by atoms with Crippen molar-refractivity contribution < 1.29 is 32.6 Å². The van der Waals surface area contributed by atoms with Crippen molar-refractivity contribution in [2.45, 2.75) is 20.0 Å². The van der Waals surface area contributed by atoms with Gasteiger partial charge in [0.25, 0.3) is 16.1 Å². The third-order valence-electron chi connectivity index (χ3n) is 5.46. The third-order valence-corrected chi connectivity index (χ3v) is 6.24. The van der Waals surface area contributed by atoms with Crippen LogP contribution in [0.2, 0.25) is 5.02 Å². The van der Waals surface area contributed by atoms with E-state index in [2.05, 4.69) is 15.4 Å². The van der Waals surface area contributed by atoms with Crippen molar-refractivity contribution in [3.8, 4) is 11.5 Å². The summed E-state index contributed by atoms with van der Waals surface area (Å²) in [5.41, 5.74) is 7.93. The zero-order valence-electron chi connectivity index (χ0n) is 21.9. The standard InChI is InChI=1S/C26H29ClN6O7S/c1-2-39-22-10-15(12-32-41(30,37)38)9-17(24(22)40-14-23(34)35)13-31-21-8-5-18(27)11-20(21)26(36)33-19-6-3-16(4-7-19)25(28)29/h3-11,31-32H,2,12-14H2,1H3,(H3,28,29)(H,33,36)(H,34,35)(H2,30,37,38). The molecule has 41 heavy (non-hydrogen) atoms. The molecule has 9 N–H and O–H groups in total. The summed E-state index contributed by atoms with van der Waals surface area (Å²) in [7, 11) is -3.99. The zero-order valence-corrected chi connectivity index (χ0v) is 23.4. The summed E-state index contributed by atoms with van der Waals surface area (Å²) in [5.74, 6) is -1.46. The topological polar surface area (TPSA) is 219 Å². The van der Waals surface area contributed by atoms with Crippen LogP contribution in [0.25, 0.3) is 0 Å². The first-order chi connectivity index (χ1) is 19.4. The lowest BCUT2D eigenvalue weighted by Gasteiger charge is -2.19. The monoisotopic (exact) mass is 604 g/mol. The molecule has 3 aromatic carbocycles. The highest BCUT2D eigenvalue weighted by Crippen LogP contribution is 2.34. The number of halogens is 1. The van der Waals surface area contributed by atoms with Gasteiger partial charge in [0, 0.05) is 40.6 Å². The summed E-state index contributed by atoms with van der Waals surface area (Å²) in [6.45, 7) is 1.14. The van der Waals surface area contributed by atoms with Crippen molar-refractivity contribution in [2.75, 3.05) is 23.8 Å². The fourth-order valence-electron chi connectivity index (χ4n) is 3.68. The molecule has 3 aromatic rings. The lowest BCUT2D eigenvalue weighted by atomic mass is 10.1. The predicted molar refractivity (Wildman–Crippen MR) is 155 cm³/mol. The maximum absolute atomic E-state index is 13.2.